The van der Waals surface area contributed by atoms with Gasteiger partial charge in [0.2, 0.25) is 10.0 Å². The Bertz CT molecular complexity index is 592. The molecule has 0 radical (unpaired) electrons. The minimum atomic E-state index is -3.30. The van der Waals surface area contributed by atoms with Gasteiger partial charge in [0.15, 0.2) is 0 Å². The van der Waals surface area contributed by atoms with Crippen molar-refractivity contribution in [2.75, 3.05) is 23.4 Å². The maximum Gasteiger partial charge on any atom is 0.229 e. The molecular formula is C14H21ClN2O3S. The highest BCUT2D eigenvalue weighted by atomic mass is 35.5. The third kappa shape index (κ3) is 4.76. The number of hydrogen-bond donors (Lipinski definition) is 2. The molecule has 1 saturated carbocycles. The van der Waals surface area contributed by atoms with Crippen molar-refractivity contribution < 1.29 is 13.2 Å². The SMILES string of the molecule is COC1CCCCC1Nc1cc(NS(C)(=O)=O)ccc1Cl. The van der Waals surface area contributed by atoms with Gasteiger partial charge < -0.3 is 10.1 Å². The van der Waals surface area contributed by atoms with Crippen molar-refractivity contribution in [1.82, 2.24) is 0 Å². The van der Waals surface area contributed by atoms with Gasteiger partial charge in [0.1, 0.15) is 0 Å². The Morgan fingerprint density at radius 1 is 1.29 bits per heavy atom. The number of benzene rings is 1. The standard InChI is InChI=1S/C14H21ClN2O3S/c1-20-14-6-4-3-5-12(14)16-13-9-10(7-8-11(13)15)17-21(2,18)19/h7-9,12,14,16-17H,3-6H2,1-2H3. The van der Waals surface area contributed by atoms with E-state index in [1.165, 1.54) is 6.42 Å². The molecule has 0 aliphatic heterocycles. The Balaban J connectivity index is 2.16. The van der Waals surface area contributed by atoms with Crippen LogP contribution in [0.1, 0.15) is 25.7 Å². The fraction of sp³-hybridized carbons (Fsp3) is 0.571. The smallest absolute Gasteiger partial charge is 0.229 e. The molecule has 1 aliphatic carbocycles. The third-order valence-corrected chi connectivity index (χ3v) is 4.55. The second kappa shape index (κ2) is 6.85. The van der Waals surface area contributed by atoms with Crippen molar-refractivity contribution in [1.29, 1.82) is 0 Å². The summed E-state index contributed by atoms with van der Waals surface area (Å²) in [6.07, 6.45) is 5.63. The molecular weight excluding hydrogens is 312 g/mol. The number of nitrogens with one attached hydrogen (secondary N) is 2. The molecule has 1 aliphatic rings. The molecule has 0 spiro atoms. The van der Waals surface area contributed by atoms with Gasteiger partial charge in [-0.15, -0.1) is 0 Å². The molecule has 1 aromatic carbocycles. The second-order valence-electron chi connectivity index (χ2n) is 5.38. The van der Waals surface area contributed by atoms with Crippen LogP contribution in [0, 0.1) is 0 Å². The molecule has 0 aromatic heterocycles. The first kappa shape index (κ1) is 16.4. The number of ether oxygens (including phenoxy) is 1. The summed E-state index contributed by atoms with van der Waals surface area (Å²) < 4.78 is 30.6. The summed E-state index contributed by atoms with van der Waals surface area (Å²) in [6, 6.07) is 5.23. The number of halogens is 1. The van der Waals surface area contributed by atoms with E-state index in [0.717, 1.165) is 31.2 Å². The van der Waals surface area contributed by atoms with Crippen molar-refractivity contribution >= 4 is 33.0 Å². The van der Waals surface area contributed by atoms with Crippen LogP contribution < -0.4 is 10.0 Å². The molecule has 2 rings (SSSR count). The fourth-order valence-corrected chi connectivity index (χ4v) is 3.38. The Labute approximate surface area is 131 Å². The Morgan fingerprint density at radius 2 is 2.00 bits per heavy atom. The highest BCUT2D eigenvalue weighted by Gasteiger charge is 2.25. The molecule has 21 heavy (non-hydrogen) atoms. The lowest BCUT2D eigenvalue weighted by Gasteiger charge is -2.32. The van der Waals surface area contributed by atoms with Crippen molar-refractivity contribution in [3.05, 3.63) is 23.2 Å². The predicted octanol–water partition coefficient (Wildman–Crippen LogP) is 3.08. The van der Waals surface area contributed by atoms with Crippen molar-refractivity contribution in [2.24, 2.45) is 0 Å². The van der Waals surface area contributed by atoms with Gasteiger partial charge in [-0.25, -0.2) is 8.42 Å². The highest BCUT2D eigenvalue weighted by molar-refractivity contribution is 7.92. The van der Waals surface area contributed by atoms with E-state index >= 15 is 0 Å². The van der Waals surface area contributed by atoms with Crippen LogP contribution in [-0.2, 0) is 14.8 Å². The number of rotatable bonds is 5. The number of hydrogen-bond acceptors (Lipinski definition) is 4. The van der Waals surface area contributed by atoms with Crippen molar-refractivity contribution in [3.8, 4) is 0 Å². The Kier molecular flexibility index (Phi) is 5.35. The van der Waals surface area contributed by atoms with Crippen LogP contribution in [0.2, 0.25) is 5.02 Å². The van der Waals surface area contributed by atoms with E-state index in [4.69, 9.17) is 16.3 Å². The van der Waals surface area contributed by atoms with Crippen LogP contribution in [0.3, 0.4) is 0 Å². The summed E-state index contributed by atoms with van der Waals surface area (Å²) in [5.41, 5.74) is 1.22. The molecule has 2 N–H and O–H groups in total. The molecule has 1 fully saturated rings. The van der Waals surface area contributed by atoms with Gasteiger partial charge in [0.05, 0.1) is 34.8 Å². The summed E-state index contributed by atoms with van der Waals surface area (Å²) in [7, 11) is -1.58. The first-order valence-electron chi connectivity index (χ1n) is 6.96. The van der Waals surface area contributed by atoms with E-state index in [1.807, 2.05) is 0 Å². The average Bonchev–Trinajstić information content (AvgIpc) is 2.41. The van der Waals surface area contributed by atoms with Crippen molar-refractivity contribution in [3.63, 3.8) is 0 Å². The summed E-state index contributed by atoms with van der Waals surface area (Å²) in [5.74, 6) is 0. The quantitative estimate of drug-likeness (QED) is 0.869. The first-order chi connectivity index (χ1) is 9.89. The lowest BCUT2D eigenvalue weighted by atomic mass is 9.92. The summed E-state index contributed by atoms with van der Waals surface area (Å²) in [4.78, 5) is 0. The van der Waals surface area contributed by atoms with Crippen LogP contribution in [0.4, 0.5) is 11.4 Å². The normalized spacial score (nSPS) is 22.8. The third-order valence-electron chi connectivity index (χ3n) is 3.62. The fourth-order valence-electron chi connectivity index (χ4n) is 2.66. The van der Waals surface area contributed by atoms with E-state index in [9.17, 15) is 8.42 Å². The topological polar surface area (TPSA) is 67.4 Å². The van der Waals surface area contributed by atoms with Gasteiger partial charge in [-0.2, -0.15) is 0 Å². The van der Waals surface area contributed by atoms with E-state index < -0.39 is 10.0 Å². The lowest BCUT2D eigenvalue weighted by molar-refractivity contribution is 0.0606. The zero-order chi connectivity index (χ0) is 15.5. The van der Waals surface area contributed by atoms with E-state index in [2.05, 4.69) is 10.0 Å². The molecule has 0 saturated heterocycles. The van der Waals surface area contributed by atoms with Gasteiger partial charge in [0.25, 0.3) is 0 Å². The molecule has 5 nitrogen and oxygen atoms in total. The molecule has 2 atom stereocenters. The van der Waals surface area contributed by atoms with Gasteiger partial charge >= 0.3 is 0 Å². The predicted molar refractivity (Wildman–Crippen MR) is 86.6 cm³/mol. The van der Waals surface area contributed by atoms with Gasteiger partial charge in [-0.1, -0.05) is 24.4 Å². The number of methoxy groups -OCH3 is 1. The summed E-state index contributed by atoms with van der Waals surface area (Å²) in [5, 5.41) is 3.95. The maximum atomic E-state index is 11.3. The van der Waals surface area contributed by atoms with Crippen LogP contribution >= 0.6 is 11.6 Å². The summed E-state index contributed by atoms with van der Waals surface area (Å²) in [6.45, 7) is 0. The minimum absolute atomic E-state index is 0.154. The molecule has 7 heteroatoms. The second-order valence-corrected chi connectivity index (χ2v) is 7.53. The van der Waals surface area contributed by atoms with Crippen LogP contribution in [0.15, 0.2) is 18.2 Å². The van der Waals surface area contributed by atoms with E-state index in [-0.39, 0.29) is 12.1 Å². The van der Waals surface area contributed by atoms with Gasteiger partial charge in [0, 0.05) is 7.11 Å². The minimum Gasteiger partial charge on any atom is -0.379 e. The molecule has 0 amide bonds. The van der Waals surface area contributed by atoms with Crippen LogP contribution in [-0.4, -0.2) is 33.9 Å². The van der Waals surface area contributed by atoms with E-state index in [0.29, 0.717) is 10.7 Å². The lowest BCUT2D eigenvalue weighted by Crippen LogP contribution is -2.37. The maximum absolute atomic E-state index is 11.3. The highest BCUT2D eigenvalue weighted by Crippen LogP contribution is 2.30. The van der Waals surface area contributed by atoms with Crippen LogP contribution in [0.25, 0.3) is 0 Å². The Hall–Kier alpha value is -0.980. The van der Waals surface area contributed by atoms with Gasteiger partial charge in [-0.3, -0.25) is 4.72 Å². The largest absolute Gasteiger partial charge is 0.379 e. The molecule has 1 aromatic rings. The molecule has 2 unspecified atom stereocenters. The Morgan fingerprint density at radius 3 is 2.67 bits per heavy atom. The number of anilines is 2. The molecule has 0 heterocycles. The molecule has 118 valence electrons. The number of sulfonamides is 1. The van der Waals surface area contributed by atoms with Crippen molar-refractivity contribution in [2.45, 2.75) is 37.8 Å². The van der Waals surface area contributed by atoms with Crippen LogP contribution in [0.5, 0.6) is 0 Å². The van der Waals surface area contributed by atoms with E-state index in [1.54, 1.807) is 25.3 Å². The zero-order valence-corrected chi connectivity index (χ0v) is 13.8. The van der Waals surface area contributed by atoms with Gasteiger partial charge in [-0.05, 0) is 31.0 Å². The first-order valence-corrected chi connectivity index (χ1v) is 9.22. The summed E-state index contributed by atoms with van der Waals surface area (Å²) >= 11 is 6.20. The zero-order valence-electron chi connectivity index (χ0n) is 12.2. The monoisotopic (exact) mass is 332 g/mol. The average molecular weight is 333 g/mol. The molecule has 0 bridgehead atoms.